The molecule has 21 rings (SSSR count). The number of aromatic nitrogens is 6. The van der Waals surface area contributed by atoms with E-state index in [1.165, 1.54) is 64.6 Å². The molecule has 426 valence electrons. The fraction of sp³-hybridized carbons (Fsp3) is 0. The lowest BCUT2D eigenvalue weighted by molar-refractivity contribution is 1.52. The highest BCUT2D eigenvalue weighted by Crippen LogP contribution is 2.55. The molecule has 6 heterocycles. The van der Waals surface area contributed by atoms with Gasteiger partial charge < -0.3 is 29.9 Å². The van der Waals surface area contributed by atoms with Gasteiger partial charge in [0.1, 0.15) is 0 Å². The third-order valence-corrected chi connectivity index (χ3v) is 20.3. The van der Waals surface area contributed by atoms with Gasteiger partial charge in [0.25, 0.3) is 0 Å². The van der Waals surface area contributed by atoms with Gasteiger partial charge >= 0.3 is 0 Å². The van der Waals surface area contributed by atoms with Crippen LogP contribution < -0.4 is 0 Å². The Morgan fingerprint density at radius 1 is 0.130 bits per heavy atom. The predicted molar refractivity (Wildman–Crippen MR) is 390 cm³/mol. The first-order valence-corrected chi connectivity index (χ1v) is 31.7. The van der Waals surface area contributed by atoms with Crippen molar-refractivity contribution in [2.45, 2.75) is 0 Å². The van der Waals surface area contributed by atoms with Gasteiger partial charge in [-0.25, -0.2) is 0 Å². The van der Waals surface area contributed by atoms with Crippen molar-refractivity contribution in [1.82, 2.24) is 29.9 Å². The smallest absolute Gasteiger partial charge is 0.0544 e. The molecular formula is C86H52N6. The van der Waals surface area contributed by atoms with Crippen molar-refractivity contribution >= 4 is 152 Å². The summed E-state index contributed by atoms with van der Waals surface area (Å²) in [5.74, 6) is 0. The number of hydrogen-bond donors (Lipinski definition) is 6. The van der Waals surface area contributed by atoms with Crippen LogP contribution in [-0.4, -0.2) is 29.9 Å². The van der Waals surface area contributed by atoms with Crippen molar-refractivity contribution in [3.8, 4) is 66.8 Å². The van der Waals surface area contributed by atoms with E-state index in [1.807, 2.05) is 0 Å². The number of hydrogen-bond acceptors (Lipinski definition) is 0. The maximum atomic E-state index is 4.05. The lowest BCUT2D eigenvalue weighted by atomic mass is 9.79. The van der Waals surface area contributed by atoms with Crippen LogP contribution in [0.25, 0.3) is 219 Å². The molecule has 6 nitrogen and oxygen atoms in total. The lowest BCUT2D eigenvalue weighted by Crippen LogP contribution is -1.97. The third kappa shape index (κ3) is 6.87. The molecule has 6 N–H and O–H groups in total. The molecule has 0 unspecified atom stereocenters. The highest BCUT2D eigenvalue weighted by molar-refractivity contribution is 6.31. The molecule has 6 heteroatoms. The zero-order valence-corrected chi connectivity index (χ0v) is 49.6. The standard InChI is InChI=1S/C86H52N6/c1-7-37-73-47(19-1)53-25-13-31-59(81(53)87-73)65-43-69-70(44-66(65)60-32-14-26-54-48-20-2-8-38-74(48)88-82(54)60)80(64-36-18-30-58-52-24-6-12-42-78(52)92-86(58)64)72-46-68(62-34-16-28-56-50-22-4-10-40-76(50)90-84(56)62)67(61-33-15-27-55-49-21-3-9-39-75(49)89-83(55)61)45-71(72)79(69)63-35-17-29-57-51-23-5-11-41-77(51)91-85(57)63/h1-46,87-92H. The first-order chi connectivity index (χ1) is 45.6. The molecule has 0 aliphatic rings. The molecule has 92 heavy (non-hydrogen) atoms. The van der Waals surface area contributed by atoms with Crippen molar-refractivity contribution in [3.05, 3.63) is 279 Å². The third-order valence-electron chi connectivity index (χ3n) is 20.3. The summed E-state index contributed by atoms with van der Waals surface area (Å²) in [4.78, 5) is 24.0. The van der Waals surface area contributed by atoms with Crippen LogP contribution in [0, 0.1) is 0 Å². The summed E-state index contributed by atoms with van der Waals surface area (Å²) in [5, 5.41) is 18.9. The van der Waals surface area contributed by atoms with Gasteiger partial charge in [-0.15, -0.1) is 0 Å². The molecule has 0 bridgehead atoms. The van der Waals surface area contributed by atoms with E-state index in [1.54, 1.807) is 0 Å². The number of aromatic amines is 6. The predicted octanol–water partition coefficient (Wildman–Crippen LogP) is 23.8. The van der Waals surface area contributed by atoms with E-state index < -0.39 is 0 Å². The zero-order chi connectivity index (χ0) is 59.9. The van der Waals surface area contributed by atoms with Crippen molar-refractivity contribution < 1.29 is 0 Å². The fourth-order valence-corrected chi connectivity index (χ4v) is 16.3. The van der Waals surface area contributed by atoms with Crippen molar-refractivity contribution in [1.29, 1.82) is 0 Å². The maximum absolute atomic E-state index is 4.05. The molecule has 15 aromatic carbocycles. The Morgan fingerprint density at radius 2 is 0.304 bits per heavy atom. The molecular weight excluding hydrogens is 1120 g/mol. The van der Waals surface area contributed by atoms with Crippen LogP contribution >= 0.6 is 0 Å². The Balaban J connectivity index is 1.02. The van der Waals surface area contributed by atoms with Crippen LogP contribution in [-0.2, 0) is 0 Å². The normalized spacial score (nSPS) is 12.3. The summed E-state index contributed by atoms with van der Waals surface area (Å²) in [7, 11) is 0. The number of benzene rings is 15. The number of H-pyrrole nitrogens is 6. The van der Waals surface area contributed by atoms with Gasteiger partial charge in [0, 0.05) is 131 Å². The quantitative estimate of drug-likeness (QED) is 0.0895. The van der Waals surface area contributed by atoms with E-state index in [0.29, 0.717) is 0 Å². The summed E-state index contributed by atoms with van der Waals surface area (Å²) in [6.45, 7) is 0. The van der Waals surface area contributed by atoms with Gasteiger partial charge in [0.05, 0.1) is 33.1 Å². The lowest BCUT2D eigenvalue weighted by Gasteiger charge is -2.24. The minimum Gasteiger partial charge on any atom is -0.354 e. The zero-order valence-electron chi connectivity index (χ0n) is 49.6. The molecule has 0 saturated carbocycles. The number of para-hydroxylation sites is 12. The van der Waals surface area contributed by atoms with Gasteiger partial charge in [-0.3, -0.25) is 0 Å². The second-order valence-corrected chi connectivity index (χ2v) is 25.0. The topological polar surface area (TPSA) is 94.7 Å². The minimum absolute atomic E-state index is 1.10. The average Bonchev–Trinajstić information content (AvgIpc) is 0.951. The first-order valence-electron chi connectivity index (χ1n) is 31.7. The fourth-order valence-electron chi connectivity index (χ4n) is 16.3. The van der Waals surface area contributed by atoms with E-state index in [0.717, 1.165) is 155 Å². The van der Waals surface area contributed by atoms with Crippen LogP contribution in [0.15, 0.2) is 279 Å². The van der Waals surface area contributed by atoms with E-state index in [4.69, 9.17) is 0 Å². The molecule has 0 aliphatic heterocycles. The summed E-state index contributed by atoms with van der Waals surface area (Å²) in [6.07, 6.45) is 0. The Morgan fingerprint density at radius 3 is 0.522 bits per heavy atom. The number of nitrogens with one attached hydrogen (secondary N) is 6. The summed E-state index contributed by atoms with van der Waals surface area (Å²) in [6, 6.07) is 104. The summed E-state index contributed by atoms with van der Waals surface area (Å²) in [5.41, 5.74) is 26.8. The molecule has 0 fully saturated rings. The summed E-state index contributed by atoms with van der Waals surface area (Å²) < 4.78 is 0. The van der Waals surface area contributed by atoms with Crippen molar-refractivity contribution in [2.24, 2.45) is 0 Å². The van der Waals surface area contributed by atoms with Crippen LogP contribution in [0.2, 0.25) is 0 Å². The Hall–Kier alpha value is -12.4. The van der Waals surface area contributed by atoms with Crippen LogP contribution in [0.1, 0.15) is 0 Å². The van der Waals surface area contributed by atoms with Gasteiger partial charge in [0.2, 0.25) is 0 Å². The minimum atomic E-state index is 1.10. The number of rotatable bonds is 6. The van der Waals surface area contributed by atoms with E-state index >= 15 is 0 Å². The largest absolute Gasteiger partial charge is 0.354 e. The Kier molecular flexibility index (Phi) is 10.0. The van der Waals surface area contributed by atoms with Crippen molar-refractivity contribution in [3.63, 3.8) is 0 Å². The second kappa shape index (κ2) is 18.6. The Bertz CT molecular complexity index is 6070. The average molecular weight is 1170 g/mol. The van der Waals surface area contributed by atoms with Crippen LogP contribution in [0.5, 0.6) is 0 Å². The van der Waals surface area contributed by atoms with Gasteiger partial charge in [-0.2, -0.15) is 0 Å². The molecule has 21 aromatic rings. The SMILES string of the molecule is c1ccc2c(c1)[nH]c1c(-c3cc4c(-c5cccc6c5[nH]c5ccccc56)c5cc(-c6cccc7c6[nH]c6ccccc67)c(-c6cccc7c6[nH]c6ccccc67)cc5c(-c5cccc6c5[nH]c5ccccc56)c4cc3-c3cccc4c3[nH]c3ccccc34)cccc12. The molecule has 0 radical (unpaired) electrons. The highest BCUT2D eigenvalue weighted by atomic mass is 14.7. The van der Waals surface area contributed by atoms with Crippen LogP contribution in [0.3, 0.4) is 0 Å². The monoisotopic (exact) mass is 1170 g/mol. The van der Waals surface area contributed by atoms with E-state index in [2.05, 4.69) is 309 Å². The second-order valence-electron chi connectivity index (χ2n) is 25.0. The van der Waals surface area contributed by atoms with Gasteiger partial charge in [-0.05, 0) is 116 Å². The van der Waals surface area contributed by atoms with E-state index in [9.17, 15) is 0 Å². The maximum Gasteiger partial charge on any atom is 0.0544 e. The van der Waals surface area contributed by atoms with Crippen molar-refractivity contribution in [2.75, 3.05) is 0 Å². The molecule has 0 saturated heterocycles. The molecule has 0 spiro atoms. The highest BCUT2D eigenvalue weighted by Gasteiger charge is 2.28. The summed E-state index contributed by atoms with van der Waals surface area (Å²) >= 11 is 0. The van der Waals surface area contributed by atoms with Gasteiger partial charge in [-0.1, -0.05) is 218 Å². The van der Waals surface area contributed by atoms with E-state index in [-0.39, 0.29) is 0 Å². The molecule has 0 aliphatic carbocycles. The number of fused-ring (bicyclic) bond motifs is 20. The Labute approximate surface area is 525 Å². The molecule has 6 aromatic heterocycles. The molecule has 0 atom stereocenters. The van der Waals surface area contributed by atoms with Gasteiger partial charge in [0.15, 0.2) is 0 Å². The first kappa shape index (κ1) is 49.6. The molecule has 0 amide bonds. The van der Waals surface area contributed by atoms with Crippen LogP contribution in [0.4, 0.5) is 0 Å².